The molecule has 1 N–H and O–H groups in total. The molecule has 0 radical (unpaired) electrons. The Morgan fingerprint density at radius 3 is 2.53 bits per heavy atom. The minimum Gasteiger partial charge on any atom is -0.406 e. The average molecular weight is 639 g/mol. The average Bonchev–Trinajstić information content (AvgIpc) is 3.58. The first-order valence-electron chi connectivity index (χ1n) is 13.6. The van der Waals surface area contributed by atoms with E-state index in [1.807, 2.05) is 39.0 Å². The molecule has 0 aliphatic carbocycles. The second-order valence-corrected chi connectivity index (χ2v) is 11.2. The molecule has 232 valence electrons. The van der Waals surface area contributed by atoms with Crippen molar-refractivity contribution in [2.24, 2.45) is 4.99 Å². The topological polar surface area (TPSA) is 102 Å². The molecule has 4 aromatic rings. The number of amides is 3. The third kappa shape index (κ3) is 7.76. The second kappa shape index (κ2) is 12.9. The maximum atomic E-state index is 14.9. The van der Waals surface area contributed by atoms with E-state index in [9.17, 15) is 27.2 Å². The highest BCUT2D eigenvalue weighted by atomic mass is 32.2. The molecule has 0 saturated carbocycles. The lowest BCUT2D eigenvalue weighted by molar-refractivity contribution is -0.274. The van der Waals surface area contributed by atoms with E-state index in [4.69, 9.17) is 0 Å². The smallest absolute Gasteiger partial charge is 0.406 e. The van der Waals surface area contributed by atoms with Gasteiger partial charge in [-0.1, -0.05) is 37.7 Å². The van der Waals surface area contributed by atoms with Gasteiger partial charge in [0, 0.05) is 11.3 Å². The fraction of sp³-hybridized carbons (Fsp3) is 0.194. The summed E-state index contributed by atoms with van der Waals surface area (Å²) in [6.07, 6.45) is -0.540. The predicted octanol–water partition coefficient (Wildman–Crippen LogP) is 7.58. The van der Waals surface area contributed by atoms with E-state index in [0.29, 0.717) is 11.4 Å². The zero-order chi connectivity index (χ0) is 32.3. The Hall–Kier alpha value is -4.98. The Kier molecular flexibility index (Phi) is 9.04. The van der Waals surface area contributed by atoms with Crippen LogP contribution in [0.25, 0.3) is 17.8 Å². The largest absolute Gasteiger partial charge is 0.573 e. The van der Waals surface area contributed by atoms with Gasteiger partial charge in [0.1, 0.15) is 17.9 Å². The van der Waals surface area contributed by atoms with Crippen molar-refractivity contribution in [3.8, 4) is 11.4 Å². The highest BCUT2D eigenvalue weighted by molar-refractivity contribution is 8.15. The van der Waals surface area contributed by atoms with Gasteiger partial charge in [-0.05, 0) is 84.7 Å². The minimum absolute atomic E-state index is 0.138. The molecule has 1 aliphatic rings. The molecule has 3 amide bonds. The molecular formula is C31H26F4N6O3S. The second-order valence-electron chi connectivity index (χ2n) is 10.2. The van der Waals surface area contributed by atoms with E-state index in [1.54, 1.807) is 0 Å². The fourth-order valence-electron chi connectivity index (χ4n) is 4.44. The maximum absolute atomic E-state index is 14.9. The van der Waals surface area contributed by atoms with Crippen molar-refractivity contribution < 1.29 is 31.9 Å². The van der Waals surface area contributed by atoms with Crippen LogP contribution in [0, 0.1) is 12.7 Å². The van der Waals surface area contributed by atoms with Crippen molar-refractivity contribution >= 4 is 52.4 Å². The number of anilines is 2. The normalized spacial score (nSPS) is 14.6. The molecule has 0 spiro atoms. The number of nitrogens with zero attached hydrogens (tertiary/aromatic N) is 5. The highest BCUT2D eigenvalue weighted by Gasteiger charge is 2.33. The highest BCUT2D eigenvalue weighted by Crippen LogP contribution is 2.34. The van der Waals surface area contributed by atoms with Crippen LogP contribution in [0.3, 0.4) is 0 Å². The van der Waals surface area contributed by atoms with Gasteiger partial charge < -0.3 is 10.1 Å². The minimum atomic E-state index is -4.79. The van der Waals surface area contributed by atoms with Gasteiger partial charge >= 0.3 is 12.4 Å². The van der Waals surface area contributed by atoms with Crippen LogP contribution in [0.4, 0.5) is 33.7 Å². The molecule has 2 heterocycles. The van der Waals surface area contributed by atoms with Gasteiger partial charge in [0.05, 0.1) is 17.1 Å². The van der Waals surface area contributed by atoms with Crippen molar-refractivity contribution in [3.63, 3.8) is 0 Å². The Morgan fingerprint density at radius 1 is 1.09 bits per heavy atom. The molecule has 1 saturated heterocycles. The van der Waals surface area contributed by atoms with E-state index in [2.05, 4.69) is 25.1 Å². The van der Waals surface area contributed by atoms with Crippen LogP contribution in [-0.4, -0.2) is 44.0 Å². The van der Waals surface area contributed by atoms with Crippen molar-refractivity contribution in [2.75, 3.05) is 16.0 Å². The molecule has 5 rings (SSSR count). The third-order valence-corrected chi connectivity index (χ3v) is 7.44. The Morgan fingerprint density at radius 2 is 1.84 bits per heavy atom. The number of aromatic nitrogens is 3. The van der Waals surface area contributed by atoms with Gasteiger partial charge in [0.2, 0.25) is 5.91 Å². The van der Waals surface area contributed by atoms with E-state index in [-0.39, 0.29) is 45.6 Å². The summed E-state index contributed by atoms with van der Waals surface area (Å²) < 4.78 is 57.2. The number of nitrogens with one attached hydrogen (secondary N) is 1. The number of aryl methyl sites for hydroxylation is 1. The van der Waals surface area contributed by atoms with Crippen LogP contribution in [0.15, 0.2) is 72.0 Å². The molecule has 9 nitrogen and oxygen atoms in total. The summed E-state index contributed by atoms with van der Waals surface area (Å²) in [6, 6.07) is 14.2. The van der Waals surface area contributed by atoms with Gasteiger partial charge in [0.15, 0.2) is 11.0 Å². The van der Waals surface area contributed by atoms with Gasteiger partial charge in [-0.15, -0.1) is 18.3 Å². The van der Waals surface area contributed by atoms with Crippen molar-refractivity contribution in [3.05, 3.63) is 95.3 Å². The van der Waals surface area contributed by atoms with Crippen LogP contribution in [0.5, 0.6) is 5.75 Å². The molecule has 14 heteroatoms. The van der Waals surface area contributed by atoms with Crippen LogP contribution < -0.4 is 15.0 Å². The number of thioether (sulfide) groups is 1. The molecule has 0 atom stereocenters. The Bertz CT molecular complexity index is 1800. The van der Waals surface area contributed by atoms with E-state index in [1.165, 1.54) is 52.3 Å². The number of alkyl halides is 3. The first-order chi connectivity index (χ1) is 21.4. The molecule has 1 aliphatic heterocycles. The third-order valence-electron chi connectivity index (χ3n) is 6.52. The first kappa shape index (κ1) is 31.4. The summed E-state index contributed by atoms with van der Waals surface area (Å²) in [7, 11) is 0. The van der Waals surface area contributed by atoms with Gasteiger partial charge in [-0.2, -0.15) is 4.99 Å². The maximum Gasteiger partial charge on any atom is 0.573 e. The van der Waals surface area contributed by atoms with E-state index >= 15 is 0 Å². The van der Waals surface area contributed by atoms with Gasteiger partial charge in [0.25, 0.3) is 0 Å². The summed E-state index contributed by atoms with van der Waals surface area (Å²) in [5.74, 6) is -0.687. The van der Waals surface area contributed by atoms with Gasteiger partial charge in [-0.3, -0.25) is 9.69 Å². The lowest BCUT2D eigenvalue weighted by Crippen LogP contribution is -2.31. The fourth-order valence-corrected chi connectivity index (χ4v) is 5.30. The standard InChI is InChI=1S/C31H26F4N6O3S/c1-18(2)24-12-4-19(3)14-26(24)41-28(42)16-45-30(41)38-29(43)37-21-7-5-20(25(32)15-21)6-13-27-36-17-40(39-27)22-8-10-23(11-9-22)44-31(33,34)35/h4-15,17-18H,16H2,1-3H3,(H,37,43)/b13-6+,38-30-. The molecular weight excluding hydrogens is 612 g/mol. The number of benzene rings is 3. The first-order valence-corrected chi connectivity index (χ1v) is 14.6. The lowest BCUT2D eigenvalue weighted by Gasteiger charge is -2.22. The Balaban J connectivity index is 1.25. The quantitative estimate of drug-likeness (QED) is 0.210. The number of rotatable bonds is 7. The van der Waals surface area contributed by atoms with Crippen molar-refractivity contribution in [1.82, 2.24) is 14.8 Å². The molecule has 1 aromatic heterocycles. The van der Waals surface area contributed by atoms with E-state index in [0.717, 1.165) is 41.1 Å². The number of urea groups is 1. The molecule has 45 heavy (non-hydrogen) atoms. The lowest BCUT2D eigenvalue weighted by atomic mass is 9.99. The number of hydrogen-bond donors (Lipinski definition) is 1. The van der Waals surface area contributed by atoms with Crippen LogP contribution in [-0.2, 0) is 4.79 Å². The summed E-state index contributed by atoms with van der Waals surface area (Å²) in [5, 5.41) is 7.00. The number of carbonyl (C=O) groups excluding carboxylic acids is 2. The predicted molar refractivity (Wildman–Crippen MR) is 165 cm³/mol. The zero-order valence-electron chi connectivity index (χ0n) is 24.2. The number of amidine groups is 1. The number of ether oxygens (including phenoxy) is 1. The van der Waals surface area contributed by atoms with Crippen molar-refractivity contribution in [2.45, 2.75) is 33.1 Å². The summed E-state index contributed by atoms with van der Waals surface area (Å²) in [4.78, 5) is 35.2. The monoisotopic (exact) mass is 638 g/mol. The van der Waals surface area contributed by atoms with E-state index < -0.39 is 18.2 Å². The van der Waals surface area contributed by atoms with Gasteiger partial charge in [-0.25, -0.2) is 18.9 Å². The molecule has 1 fully saturated rings. The summed E-state index contributed by atoms with van der Waals surface area (Å²) in [5.41, 5.74) is 3.39. The summed E-state index contributed by atoms with van der Waals surface area (Å²) in [6.45, 7) is 5.96. The van der Waals surface area contributed by atoms with Crippen molar-refractivity contribution in [1.29, 1.82) is 0 Å². The molecule has 0 unspecified atom stereocenters. The Labute approximate surface area is 259 Å². The SMILES string of the molecule is Cc1ccc(C(C)C)c(N2C(=O)CS/C2=N\C(=O)Nc2ccc(/C=C/c3ncn(-c4ccc(OC(F)(F)F)cc4)n3)c(F)c2)c1. The number of halogens is 4. The summed E-state index contributed by atoms with van der Waals surface area (Å²) >= 11 is 1.15. The molecule has 0 bridgehead atoms. The molecule has 3 aromatic carbocycles. The number of carbonyl (C=O) groups is 2. The number of hydrogen-bond acceptors (Lipinski definition) is 6. The van der Waals surface area contributed by atoms with Crippen LogP contribution >= 0.6 is 11.8 Å². The van der Waals surface area contributed by atoms with Crippen LogP contribution in [0.2, 0.25) is 0 Å². The number of aliphatic imine (C=N–C) groups is 1. The van der Waals surface area contributed by atoms with Crippen LogP contribution in [0.1, 0.15) is 42.3 Å². The zero-order valence-corrected chi connectivity index (χ0v) is 25.0.